The second kappa shape index (κ2) is 5.80. The van der Waals surface area contributed by atoms with Gasteiger partial charge in [-0.2, -0.15) is 0 Å². The Morgan fingerprint density at radius 3 is 2.50 bits per heavy atom. The second-order valence-corrected chi connectivity index (χ2v) is 6.69. The highest BCUT2D eigenvalue weighted by Crippen LogP contribution is 2.25. The molecule has 0 saturated heterocycles. The minimum atomic E-state index is -0.809. The van der Waals surface area contributed by atoms with Crippen molar-refractivity contribution in [3.8, 4) is 0 Å². The van der Waals surface area contributed by atoms with Crippen LogP contribution >= 0.6 is 11.3 Å². The molecular formula is C13H22N2O2S. The zero-order valence-corrected chi connectivity index (χ0v) is 12.5. The summed E-state index contributed by atoms with van der Waals surface area (Å²) in [5.41, 5.74) is 0.963. The highest BCUT2D eigenvalue weighted by Gasteiger charge is 2.22. The Balaban J connectivity index is 2.63. The number of nitrogens with one attached hydrogen (secondary N) is 1. The van der Waals surface area contributed by atoms with E-state index in [4.69, 9.17) is 5.11 Å². The number of rotatable bonds is 5. The number of hydrogen-bond acceptors (Lipinski definition) is 4. The zero-order valence-electron chi connectivity index (χ0n) is 11.7. The van der Waals surface area contributed by atoms with Crippen molar-refractivity contribution in [2.75, 3.05) is 0 Å². The van der Waals surface area contributed by atoms with E-state index < -0.39 is 12.0 Å². The fourth-order valence-electron chi connectivity index (χ4n) is 1.56. The number of thiazole rings is 1. The van der Waals surface area contributed by atoms with Gasteiger partial charge in [0.25, 0.3) is 0 Å². The van der Waals surface area contributed by atoms with E-state index >= 15 is 0 Å². The number of carboxylic acids is 1. The largest absolute Gasteiger partial charge is 0.480 e. The Morgan fingerprint density at radius 1 is 1.50 bits per heavy atom. The van der Waals surface area contributed by atoms with Crippen molar-refractivity contribution in [3.63, 3.8) is 0 Å². The first-order chi connectivity index (χ1) is 8.21. The first kappa shape index (κ1) is 15.1. The maximum Gasteiger partial charge on any atom is 0.320 e. The molecule has 2 N–H and O–H groups in total. The van der Waals surface area contributed by atoms with Crippen LogP contribution in [0.15, 0.2) is 5.38 Å². The predicted molar refractivity (Wildman–Crippen MR) is 73.9 cm³/mol. The van der Waals surface area contributed by atoms with E-state index in [1.807, 2.05) is 19.2 Å². The van der Waals surface area contributed by atoms with Crippen LogP contribution < -0.4 is 5.32 Å². The number of hydrogen-bond donors (Lipinski definition) is 2. The maximum atomic E-state index is 11.0. The summed E-state index contributed by atoms with van der Waals surface area (Å²) in [6.45, 7) is 10.7. The highest BCUT2D eigenvalue weighted by molar-refractivity contribution is 7.09. The molecule has 1 rings (SSSR count). The molecule has 0 amide bonds. The van der Waals surface area contributed by atoms with Gasteiger partial charge >= 0.3 is 5.97 Å². The van der Waals surface area contributed by atoms with Crippen molar-refractivity contribution in [3.05, 3.63) is 16.1 Å². The third-order valence-electron chi connectivity index (χ3n) is 2.63. The number of aliphatic carboxylic acids is 1. The Labute approximate surface area is 112 Å². The Morgan fingerprint density at radius 2 is 2.11 bits per heavy atom. The van der Waals surface area contributed by atoms with Gasteiger partial charge in [-0.1, -0.05) is 34.6 Å². The van der Waals surface area contributed by atoms with Gasteiger partial charge in [0.2, 0.25) is 0 Å². The van der Waals surface area contributed by atoms with Gasteiger partial charge in [0.05, 0.1) is 10.7 Å². The maximum absolute atomic E-state index is 11.0. The average Bonchev–Trinajstić information content (AvgIpc) is 2.64. The molecule has 1 aromatic rings. The molecule has 5 heteroatoms. The second-order valence-electron chi connectivity index (χ2n) is 5.83. The summed E-state index contributed by atoms with van der Waals surface area (Å²) in [4.78, 5) is 15.6. The van der Waals surface area contributed by atoms with Gasteiger partial charge in [0, 0.05) is 17.3 Å². The highest BCUT2D eigenvalue weighted by atomic mass is 32.1. The molecule has 0 aromatic carbocycles. The molecule has 4 nitrogen and oxygen atoms in total. The van der Waals surface area contributed by atoms with Gasteiger partial charge in [-0.15, -0.1) is 11.3 Å². The lowest BCUT2D eigenvalue weighted by Crippen LogP contribution is -2.40. The molecule has 0 aliphatic heterocycles. The lowest BCUT2D eigenvalue weighted by Gasteiger charge is -2.17. The van der Waals surface area contributed by atoms with E-state index in [1.54, 1.807) is 11.3 Å². The molecule has 0 unspecified atom stereocenters. The standard InChI is InChI=1S/C13H22N2O2S/c1-8(2)10(11(16)17)14-6-9-7-18-12(15-9)13(3,4)5/h7-8,10,14H,6H2,1-5H3,(H,16,17)/t10-/m0/s1. The predicted octanol–water partition coefficient (Wildman–Crippen LogP) is 2.64. The van der Waals surface area contributed by atoms with Gasteiger partial charge in [0.15, 0.2) is 0 Å². The number of carboxylic acid groups (broad SMARTS) is 1. The zero-order chi connectivity index (χ0) is 13.9. The minimum Gasteiger partial charge on any atom is -0.480 e. The first-order valence-corrected chi connectivity index (χ1v) is 7.01. The van der Waals surface area contributed by atoms with Crippen LogP contribution in [0.3, 0.4) is 0 Å². The van der Waals surface area contributed by atoms with Crippen LogP contribution in [0.5, 0.6) is 0 Å². The van der Waals surface area contributed by atoms with Crippen molar-refractivity contribution < 1.29 is 9.90 Å². The molecule has 1 aromatic heterocycles. The summed E-state index contributed by atoms with van der Waals surface area (Å²) < 4.78 is 0. The summed E-state index contributed by atoms with van der Waals surface area (Å²) in [6, 6.07) is -0.523. The van der Waals surface area contributed by atoms with E-state index in [2.05, 4.69) is 31.1 Å². The fourth-order valence-corrected chi connectivity index (χ4v) is 2.46. The minimum absolute atomic E-state index is 0.0488. The Hall–Kier alpha value is -0.940. The molecule has 0 fully saturated rings. The normalized spacial score (nSPS) is 13.9. The molecule has 18 heavy (non-hydrogen) atoms. The molecular weight excluding hydrogens is 248 g/mol. The van der Waals surface area contributed by atoms with Gasteiger partial charge in [0.1, 0.15) is 6.04 Å². The summed E-state index contributed by atoms with van der Waals surface area (Å²) in [5, 5.41) is 15.2. The van der Waals surface area contributed by atoms with Crippen molar-refractivity contribution >= 4 is 17.3 Å². The van der Waals surface area contributed by atoms with Crippen LogP contribution in [0.1, 0.15) is 45.3 Å². The molecule has 0 radical (unpaired) electrons. The van der Waals surface area contributed by atoms with Gasteiger partial charge < -0.3 is 5.11 Å². The third kappa shape index (κ3) is 4.07. The smallest absolute Gasteiger partial charge is 0.320 e. The third-order valence-corrected chi connectivity index (χ3v) is 3.95. The molecule has 102 valence electrons. The van der Waals surface area contributed by atoms with Crippen molar-refractivity contribution in [1.29, 1.82) is 0 Å². The van der Waals surface area contributed by atoms with Crippen molar-refractivity contribution in [1.82, 2.24) is 10.3 Å². The van der Waals surface area contributed by atoms with Gasteiger partial charge in [-0.3, -0.25) is 10.1 Å². The summed E-state index contributed by atoms with van der Waals surface area (Å²) >= 11 is 1.63. The molecule has 0 bridgehead atoms. The SMILES string of the molecule is CC(C)[C@H](NCc1csc(C(C)(C)C)n1)C(=O)O. The molecule has 1 heterocycles. The van der Waals surface area contributed by atoms with E-state index in [1.165, 1.54) is 0 Å². The van der Waals surface area contributed by atoms with E-state index in [-0.39, 0.29) is 11.3 Å². The van der Waals surface area contributed by atoms with E-state index in [0.29, 0.717) is 6.54 Å². The average molecular weight is 270 g/mol. The fraction of sp³-hybridized carbons (Fsp3) is 0.692. The van der Waals surface area contributed by atoms with Crippen LogP contribution in [-0.4, -0.2) is 22.1 Å². The van der Waals surface area contributed by atoms with Gasteiger partial charge in [-0.25, -0.2) is 4.98 Å². The summed E-state index contributed by atoms with van der Waals surface area (Å²) in [6.07, 6.45) is 0. The molecule has 0 spiro atoms. The molecule has 0 saturated carbocycles. The Kier molecular flexibility index (Phi) is 4.87. The first-order valence-electron chi connectivity index (χ1n) is 6.13. The molecule has 1 atom stereocenters. The number of aromatic nitrogens is 1. The summed E-state index contributed by atoms with van der Waals surface area (Å²) in [7, 11) is 0. The number of nitrogens with zero attached hydrogens (tertiary/aromatic N) is 1. The summed E-state index contributed by atoms with van der Waals surface area (Å²) in [5.74, 6) is -0.750. The van der Waals surface area contributed by atoms with Crippen LogP contribution in [0.2, 0.25) is 0 Å². The van der Waals surface area contributed by atoms with Crippen LogP contribution in [0.4, 0.5) is 0 Å². The lowest BCUT2D eigenvalue weighted by atomic mass is 9.98. The van der Waals surface area contributed by atoms with Crippen LogP contribution in [-0.2, 0) is 16.8 Å². The quantitative estimate of drug-likeness (QED) is 0.863. The Bertz CT molecular complexity index is 407. The van der Waals surface area contributed by atoms with Crippen molar-refractivity contribution in [2.45, 2.75) is 52.6 Å². The van der Waals surface area contributed by atoms with E-state index in [9.17, 15) is 4.79 Å². The van der Waals surface area contributed by atoms with Crippen LogP contribution in [0.25, 0.3) is 0 Å². The van der Waals surface area contributed by atoms with E-state index in [0.717, 1.165) is 10.7 Å². The van der Waals surface area contributed by atoms with Gasteiger partial charge in [-0.05, 0) is 5.92 Å². The molecule has 0 aliphatic rings. The lowest BCUT2D eigenvalue weighted by molar-refractivity contribution is -0.140. The molecule has 0 aliphatic carbocycles. The van der Waals surface area contributed by atoms with Crippen LogP contribution in [0, 0.1) is 5.92 Å². The topological polar surface area (TPSA) is 62.2 Å². The number of carbonyl (C=O) groups is 1. The van der Waals surface area contributed by atoms with Crippen molar-refractivity contribution in [2.24, 2.45) is 5.92 Å². The monoisotopic (exact) mass is 270 g/mol.